The van der Waals surface area contributed by atoms with E-state index >= 15 is 0 Å². The second-order valence-electron chi connectivity index (χ2n) is 6.71. The third-order valence-corrected chi connectivity index (χ3v) is 4.83. The van der Waals surface area contributed by atoms with Crippen molar-refractivity contribution in [3.8, 4) is 11.5 Å². The molecule has 29 heavy (non-hydrogen) atoms. The molecule has 0 unspecified atom stereocenters. The molecular formula is C24H18FNO3. The predicted molar refractivity (Wildman–Crippen MR) is 108 cm³/mol. The molecule has 1 aliphatic heterocycles. The number of carbonyl (C=O) groups excluding carboxylic acids is 2. The highest BCUT2D eigenvalue weighted by Gasteiger charge is 2.34. The minimum Gasteiger partial charge on any atom is -0.454 e. The van der Waals surface area contributed by atoms with Crippen molar-refractivity contribution in [1.29, 1.82) is 0 Å². The molecular weight excluding hydrogens is 369 g/mol. The van der Waals surface area contributed by atoms with Gasteiger partial charge in [0.25, 0.3) is 11.8 Å². The maximum atomic E-state index is 13.7. The first-order chi connectivity index (χ1) is 14.0. The van der Waals surface area contributed by atoms with Crippen molar-refractivity contribution in [1.82, 2.24) is 4.90 Å². The summed E-state index contributed by atoms with van der Waals surface area (Å²) in [6.07, 6.45) is 1.84. The maximum absolute atomic E-state index is 13.7. The van der Waals surface area contributed by atoms with Gasteiger partial charge in [0.15, 0.2) is 11.6 Å². The molecule has 0 aliphatic carbocycles. The normalized spacial score (nSPS) is 13.6. The molecule has 0 atom stereocenters. The van der Waals surface area contributed by atoms with Gasteiger partial charge in [-0.25, -0.2) is 4.39 Å². The molecule has 4 rings (SSSR count). The van der Waals surface area contributed by atoms with Crippen LogP contribution in [0.1, 0.15) is 33.2 Å². The summed E-state index contributed by atoms with van der Waals surface area (Å²) in [5, 5.41) is 0. The lowest BCUT2D eigenvalue weighted by molar-refractivity contribution is 0.0672. The van der Waals surface area contributed by atoms with Crippen molar-refractivity contribution in [3.05, 3.63) is 101 Å². The zero-order valence-corrected chi connectivity index (χ0v) is 15.8. The molecule has 1 aliphatic rings. The number of hydrogen-bond donors (Lipinski definition) is 0. The van der Waals surface area contributed by atoms with Gasteiger partial charge >= 0.3 is 0 Å². The fourth-order valence-electron chi connectivity index (χ4n) is 3.19. The maximum Gasteiger partial charge on any atom is 0.261 e. The van der Waals surface area contributed by atoms with Gasteiger partial charge in [-0.15, -0.1) is 0 Å². The van der Waals surface area contributed by atoms with Crippen LogP contribution in [-0.4, -0.2) is 23.3 Å². The van der Waals surface area contributed by atoms with E-state index in [1.165, 1.54) is 11.0 Å². The highest BCUT2D eigenvalue weighted by atomic mass is 19.1. The van der Waals surface area contributed by atoms with E-state index < -0.39 is 5.82 Å². The molecule has 3 aromatic carbocycles. The summed E-state index contributed by atoms with van der Waals surface area (Å²) in [5.41, 5.74) is 2.72. The average molecular weight is 387 g/mol. The molecule has 0 spiro atoms. The van der Waals surface area contributed by atoms with E-state index in [4.69, 9.17) is 4.74 Å². The van der Waals surface area contributed by atoms with Crippen LogP contribution in [0.3, 0.4) is 0 Å². The molecule has 1 heterocycles. The zero-order chi connectivity index (χ0) is 20.4. The Morgan fingerprint density at radius 3 is 2.10 bits per heavy atom. The fourth-order valence-corrected chi connectivity index (χ4v) is 3.19. The summed E-state index contributed by atoms with van der Waals surface area (Å²) < 4.78 is 19.3. The van der Waals surface area contributed by atoms with Crippen molar-refractivity contribution in [2.75, 3.05) is 6.54 Å². The molecule has 0 radical (unpaired) electrons. The van der Waals surface area contributed by atoms with Crippen molar-refractivity contribution in [2.24, 2.45) is 0 Å². The van der Waals surface area contributed by atoms with Gasteiger partial charge in [-0.1, -0.05) is 42.5 Å². The number of fused-ring (bicyclic) bond motifs is 1. The van der Waals surface area contributed by atoms with Gasteiger partial charge in [0.05, 0.1) is 11.1 Å². The standard InChI is InChI=1S/C24H18FNO3/c1-16(14-15-26-23(27)19-6-2-3-7-20(19)24(26)28)17-10-12-18(13-11-17)29-22-9-5-4-8-21(22)25/h2-14H,15H2,1H3. The monoisotopic (exact) mass is 387 g/mol. The number of carbonyl (C=O) groups is 2. The number of amides is 2. The SMILES string of the molecule is CC(=CCN1C(=O)c2ccccc2C1=O)c1ccc(Oc2ccccc2F)cc1. The van der Waals surface area contributed by atoms with E-state index in [0.717, 1.165) is 11.1 Å². The number of rotatable bonds is 5. The van der Waals surface area contributed by atoms with E-state index in [9.17, 15) is 14.0 Å². The lowest BCUT2D eigenvalue weighted by atomic mass is 10.1. The second kappa shape index (κ2) is 7.72. The number of para-hydroxylation sites is 1. The van der Waals surface area contributed by atoms with Crippen LogP contribution < -0.4 is 4.74 Å². The van der Waals surface area contributed by atoms with Crippen LogP contribution in [0.2, 0.25) is 0 Å². The van der Waals surface area contributed by atoms with Crippen molar-refractivity contribution >= 4 is 17.4 Å². The van der Waals surface area contributed by atoms with Gasteiger partial charge in [0, 0.05) is 6.54 Å². The van der Waals surface area contributed by atoms with Gasteiger partial charge in [-0.05, 0) is 54.5 Å². The third kappa shape index (κ3) is 3.67. The minimum atomic E-state index is -0.423. The number of ether oxygens (including phenoxy) is 1. The van der Waals surface area contributed by atoms with Gasteiger partial charge in [-0.2, -0.15) is 0 Å². The van der Waals surface area contributed by atoms with Crippen LogP contribution in [0.4, 0.5) is 4.39 Å². The predicted octanol–water partition coefficient (Wildman–Crippen LogP) is 5.32. The van der Waals surface area contributed by atoms with Gasteiger partial charge in [0.2, 0.25) is 0 Å². The van der Waals surface area contributed by atoms with E-state index in [-0.39, 0.29) is 24.1 Å². The highest BCUT2D eigenvalue weighted by Crippen LogP contribution is 2.26. The number of benzene rings is 3. The molecule has 2 amide bonds. The van der Waals surface area contributed by atoms with Crippen LogP contribution >= 0.6 is 0 Å². The molecule has 0 saturated carbocycles. The van der Waals surface area contributed by atoms with E-state index in [1.807, 2.05) is 25.1 Å². The molecule has 4 nitrogen and oxygen atoms in total. The molecule has 0 bridgehead atoms. The van der Waals surface area contributed by atoms with Gasteiger partial charge < -0.3 is 4.74 Å². The first kappa shape index (κ1) is 18.6. The summed E-state index contributed by atoms with van der Waals surface area (Å²) in [5.74, 6) is -0.287. The van der Waals surface area contributed by atoms with Crippen LogP contribution in [0.25, 0.3) is 5.57 Å². The first-order valence-electron chi connectivity index (χ1n) is 9.19. The van der Waals surface area contributed by atoms with Crippen molar-refractivity contribution < 1.29 is 18.7 Å². The lowest BCUT2D eigenvalue weighted by Crippen LogP contribution is -2.29. The Morgan fingerprint density at radius 2 is 1.48 bits per heavy atom. The summed E-state index contributed by atoms with van der Waals surface area (Å²) in [7, 11) is 0. The zero-order valence-electron chi connectivity index (χ0n) is 15.8. The smallest absolute Gasteiger partial charge is 0.261 e. The Kier molecular flexibility index (Phi) is 4.96. The molecule has 144 valence electrons. The van der Waals surface area contributed by atoms with E-state index in [1.54, 1.807) is 54.6 Å². The van der Waals surface area contributed by atoms with Crippen LogP contribution in [-0.2, 0) is 0 Å². The number of imide groups is 1. The minimum absolute atomic E-state index is 0.165. The van der Waals surface area contributed by atoms with Crippen LogP contribution in [0, 0.1) is 5.82 Å². The first-order valence-corrected chi connectivity index (χ1v) is 9.19. The molecule has 0 saturated heterocycles. The van der Waals surface area contributed by atoms with E-state index in [0.29, 0.717) is 16.9 Å². The van der Waals surface area contributed by atoms with Gasteiger partial charge in [-0.3, -0.25) is 14.5 Å². The Balaban J connectivity index is 1.45. The molecule has 0 aromatic heterocycles. The van der Waals surface area contributed by atoms with Gasteiger partial charge in [0.1, 0.15) is 5.75 Å². The van der Waals surface area contributed by atoms with Crippen LogP contribution in [0.5, 0.6) is 11.5 Å². The summed E-state index contributed by atoms with van der Waals surface area (Å²) in [6, 6.07) is 20.3. The Morgan fingerprint density at radius 1 is 0.897 bits per heavy atom. The molecule has 3 aromatic rings. The Bertz CT molecular complexity index is 1080. The number of nitrogens with zero attached hydrogens (tertiary/aromatic N) is 1. The summed E-state index contributed by atoms with van der Waals surface area (Å²) >= 11 is 0. The van der Waals surface area contributed by atoms with Crippen molar-refractivity contribution in [3.63, 3.8) is 0 Å². The summed E-state index contributed by atoms with van der Waals surface area (Å²) in [6.45, 7) is 2.11. The average Bonchev–Trinajstić information content (AvgIpc) is 2.99. The highest BCUT2D eigenvalue weighted by molar-refractivity contribution is 6.21. The largest absolute Gasteiger partial charge is 0.454 e. The molecule has 0 N–H and O–H groups in total. The van der Waals surface area contributed by atoms with Crippen LogP contribution in [0.15, 0.2) is 78.9 Å². The second-order valence-corrected chi connectivity index (χ2v) is 6.71. The summed E-state index contributed by atoms with van der Waals surface area (Å²) in [4.78, 5) is 26.1. The number of allylic oxidation sites excluding steroid dienone is 1. The molecule has 5 heteroatoms. The van der Waals surface area contributed by atoms with E-state index in [2.05, 4.69) is 0 Å². The van der Waals surface area contributed by atoms with Crippen molar-refractivity contribution in [2.45, 2.75) is 6.92 Å². The lowest BCUT2D eigenvalue weighted by Gasteiger charge is -2.12. The Labute approximate surface area is 167 Å². The Hall–Kier alpha value is -3.73. The number of hydrogen-bond acceptors (Lipinski definition) is 3. The molecule has 0 fully saturated rings. The third-order valence-electron chi connectivity index (χ3n) is 4.83. The topological polar surface area (TPSA) is 46.6 Å². The fraction of sp³-hybridized carbons (Fsp3) is 0.0833. The quantitative estimate of drug-likeness (QED) is 0.557. The number of halogens is 1.